The van der Waals surface area contributed by atoms with Gasteiger partial charge >= 0.3 is 0 Å². The first kappa shape index (κ1) is 18.2. The number of nitrogens with zero attached hydrogens (tertiary/aromatic N) is 2. The molecular formula is C18H17F2N3O2S. The van der Waals surface area contributed by atoms with Crippen LogP contribution in [0.3, 0.4) is 0 Å². The molecule has 0 amide bonds. The summed E-state index contributed by atoms with van der Waals surface area (Å²) in [6.07, 6.45) is 3.80. The minimum absolute atomic E-state index is 0.0742. The van der Waals surface area contributed by atoms with Crippen molar-refractivity contribution < 1.29 is 17.2 Å². The Morgan fingerprint density at radius 3 is 2.58 bits per heavy atom. The summed E-state index contributed by atoms with van der Waals surface area (Å²) < 4.78 is 52.5. The van der Waals surface area contributed by atoms with Gasteiger partial charge in [-0.25, -0.2) is 22.2 Å². The molecule has 0 aliphatic heterocycles. The number of nitrogens with two attached hydrogens (primary N) is 1. The number of halogens is 2. The van der Waals surface area contributed by atoms with E-state index >= 15 is 0 Å². The number of imidazole rings is 1. The predicted octanol–water partition coefficient (Wildman–Crippen LogP) is 3.06. The van der Waals surface area contributed by atoms with Gasteiger partial charge in [0.15, 0.2) is 9.84 Å². The van der Waals surface area contributed by atoms with Gasteiger partial charge in [0.1, 0.15) is 11.6 Å². The maximum atomic E-state index is 14.1. The Morgan fingerprint density at radius 1 is 1.27 bits per heavy atom. The Labute approximate surface area is 149 Å². The lowest BCUT2D eigenvalue weighted by molar-refractivity contribution is 0.557. The van der Waals surface area contributed by atoms with Crippen molar-refractivity contribution in [2.75, 3.05) is 12.8 Å². The van der Waals surface area contributed by atoms with Crippen molar-refractivity contribution in [2.24, 2.45) is 5.73 Å². The van der Waals surface area contributed by atoms with E-state index in [9.17, 15) is 17.2 Å². The number of benzene rings is 2. The molecule has 3 aromatic rings. The summed E-state index contributed by atoms with van der Waals surface area (Å²) in [6.45, 7) is -0.0195. The molecule has 0 fully saturated rings. The lowest BCUT2D eigenvalue weighted by Crippen LogP contribution is -2.00. The molecule has 136 valence electrons. The Balaban J connectivity index is 2.10. The number of rotatable bonds is 5. The molecule has 0 radical (unpaired) electrons. The molecule has 2 aromatic carbocycles. The van der Waals surface area contributed by atoms with Gasteiger partial charge in [-0.1, -0.05) is 12.1 Å². The van der Waals surface area contributed by atoms with Crippen LogP contribution in [0.1, 0.15) is 0 Å². The van der Waals surface area contributed by atoms with E-state index in [1.807, 2.05) is 0 Å². The lowest BCUT2D eigenvalue weighted by Gasteiger charge is -2.07. The maximum Gasteiger partial charge on any atom is 0.175 e. The molecule has 2 N–H and O–H groups in total. The van der Waals surface area contributed by atoms with Crippen LogP contribution < -0.4 is 5.73 Å². The van der Waals surface area contributed by atoms with Gasteiger partial charge in [0.25, 0.3) is 0 Å². The molecule has 3 rings (SSSR count). The number of aromatic nitrogens is 2. The first-order valence-corrected chi connectivity index (χ1v) is 9.68. The quantitative estimate of drug-likeness (QED) is 0.741. The van der Waals surface area contributed by atoms with Gasteiger partial charge in [0.05, 0.1) is 28.8 Å². The fourth-order valence-corrected chi connectivity index (χ4v) is 3.34. The van der Waals surface area contributed by atoms with E-state index in [0.29, 0.717) is 22.2 Å². The van der Waals surface area contributed by atoms with E-state index in [0.717, 1.165) is 6.26 Å². The molecule has 26 heavy (non-hydrogen) atoms. The van der Waals surface area contributed by atoms with Gasteiger partial charge in [-0.2, -0.15) is 0 Å². The molecule has 0 atom stereocenters. The molecular weight excluding hydrogens is 360 g/mol. The van der Waals surface area contributed by atoms with Gasteiger partial charge < -0.3 is 10.3 Å². The molecule has 0 bridgehead atoms. The highest BCUT2D eigenvalue weighted by Gasteiger charge is 2.14. The first-order chi connectivity index (χ1) is 12.3. The standard InChI is InChI=1S/C18H17F2N3O2S/c1-26(24,25)15-4-2-12(3-5-15)16-8-14(20)9-17-18(16)22-11-23(17)10-13(19)6-7-21/h2-6,8-9,11H,7,10,21H2,1H3/b13-6-. The van der Waals surface area contributed by atoms with Crippen molar-refractivity contribution in [1.29, 1.82) is 0 Å². The summed E-state index contributed by atoms with van der Waals surface area (Å²) >= 11 is 0. The van der Waals surface area contributed by atoms with Crippen LogP contribution in [0.4, 0.5) is 8.78 Å². The molecule has 1 aromatic heterocycles. The van der Waals surface area contributed by atoms with E-state index in [2.05, 4.69) is 4.98 Å². The van der Waals surface area contributed by atoms with Crippen LogP contribution in [-0.4, -0.2) is 30.8 Å². The van der Waals surface area contributed by atoms with Crippen molar-refractivity contribution in [3.63, 3.8) is 0 Å². The average molecular weight is 377 g/mol. The Bertz CT molecular complexity index is 1090. The lowest BCUT2D eigenvalue weighted by atomic mass is 10.0. The van der Waals surface area contributed by atoms with Crippen LogP contribution in [0.2, 0.25) is 0 Å². The van der Waals surface area contributed by atoms with Crippen LogP contribution in [0.5, 0.6) is 0 Å². The van der Waals surface area contributed by atoms with E-state index < -0.39 is 21.5 Å². The van der Waals surface area contributed by atoms with Gasteiger partial charge in [0, 0.05) is 18.4 Å². The van der Waals surface area contributed by atoms with Crippen molar-refractivity contribution in [2.45, 2.75) is 11.4 Å². The van der Waals surface area contributed by atoms with Gasteiger partial charge in [-0.3, -0.25) is 0 Å². The van der Waals surface area contributed by atoms with Crippen molar-refractivity contribution in [3.8, 4) is 11.1 Å². The van der Waals surface area contributed by atoms with E-state index in [1.165, 1.54) is 41.2 Å². The molecule has 0 unspecified atom stereocenters. The molecule has 8 heteroatoms. The van der Waals surface area contributed by atoms with Crippen molar-refractivity contribution >= 4 is 20.9 Å². The SMILES string of the molecule is CS(=O)(=O)c1ccc(-c2cc(F)cc3c2ncn3C/C(F)=C/CN)cc1. The zero-order chi connectivity index (χ0) is 18.9. The average Bonchev–Trinajstić information content (AvgIpc) is 2.96. The molecule has 0 aliphatic rings. The van der Waals surface area contributed by atoms with Crippen molar-refractivity contribution in [1.82, 2.24) is 9.55 Å². The minimum Gasteiger partial charge on any atom is -0.327 e. The zero-order valence-corrected chi connectivity index (χ0v) is 14.8. The molecule has 0 saturated carbocycles. The number of allylic oxidation sites excluding steroid dienone is 1. The fourth-order valence-electron chi connectivity index (χ4n) is 2.71. The highest BCUT2D eigenvalue weighted by molar-refractivity contribution is 7.90. The largest absolute Gasteiger partial charge is 0.327 e. The predicted molar refractivity (Wildman–Crippen MR) is 96.5 cm³/mol. The van der Waals surface area contributed by atoms with Crippen LogP contribution in [0.15, 0.2) is 59.5 Å². The monoisotopic (exact) mass is 377 g/mol. The second-order valence-corrected chi connectivity index (χ2v) is 7.89. The molecule has 0 spiro atoms. The number of sulfone groups is 1. The van der Waals surface area contributed by atoms with Gasteiger partial charge in [-0.15, -0.1) is 0 Å². The molecule has 0 aliphatic carbocycles. The summed E-state index contributed by atoms with van der Waals surface area (Å²) in [5, 5.41) is 0. The van der Waals surface area contributed by atoms with E-state index in [4.69, 9.17) is 5.73 Å². The fraction of sp³-hybridized carbons (Fsp3) is 0.167. The molecule has 5 nitrogen and oxygen atoms in total. The number of fused-ring (bicyclic) bond motifs is 1. The Hall–Kier alpha value is -2.58. The zero-order valence-electron chi connectivity index (χ0n) is 14.0. The van der Waals surface area contributed by atoms with Gasteiger partial charge in [-0.05, 0) is 35.9 Å². The second-order valence-electron chi connectivity index (χ2n) is 5.88. The Morgan fingerprint density at radius 2 is 1.96 bits per heavy atom. The normalized spacial score (nSPS) is 12.7. The second kappa shape index (κ2) is 6.97. The summed E-state index contributed by atoms with van der Waals surface area (Å²) in [4.78, 5) is 4.45. The van der Waals surface area contributed by atoms with Crippen LogP contribution in [0, 0.1) is 5.82 Å². The summed E-state index contributed by atoms with van der Waals surface area (Å²) in [5.74, 6) is -0.931. The third kappa shape index (κ3) is 3.66. The summed E-state index contributed by atoms with van der Waals surface area (Å²) in [7, 11) is -3.32. The van der Waals surface area contributed by atoms with E-state index in [1.54, 1.807) is 12.1 Å². The van der Waals surface area contributed by atoms with Crippen molar-refractivity contribution in [3.05, 3.63) is 60.4 Å². The highest BCUT2D eigenvalue weighted by Crippen LogP contribution is 2.30. The first-order valence-electron chi connectivity index (χ1n) is 7.79. The topological polar surface area (TPSA) is 78.0 Å². The van der Waals surface area contributed by atoms with Crippen LogP contribution >= 0.6 is 0 Å². The summed E-state index contributed by atoms with van der Waals surface area (Å²) in [6, 6.07) is 8.72. The van der Waals surface area contributed by atoms with E-state index in [-0.39, 0.29) is 18.0 Å². The Kier molecular flexibility index (Phi) is 4.88. The number of hydrogen-bond donors (Lipinski definition) is 1. The smallest absolute Gasteiger partial charge is 0.175 e. The van der Waals surface area contributed by atoms with Crippen LogP contribution in [-0.2, 0) is 16.4 Å². The van der Waals surface area contributed by atoms with Crippen LogP contribution in [0.25, 0.3) is 22.2 Å². The molecule has 0 saturated heterocycles. The number of hydrogen-bond acceptors (Lipinski definition) is 4. The highest BCUT2D eigenvalue weighted by atomic mass is 32.2. The maximum absolute atomic E-state index is 14.1. The minimum atomic E-state index is -3.32. The third-order valence-corrected chi connectivity index (χ3v) is 5.07. The third-order valence-electron chi connectivity index (χ3n) is 3.94. The summed E-state index contributed by atoms with van der Waals surface area (Å²) in [5.41, 5.74) is 7.35. The van der Waals surface area contributed by atoms with Gasteiger partial charge in [0.2, 0.25) is 0 Å². The molecule has 1 heterocycles.